The highest BCUT2D eigenvalue weighted by atomic mass is 32.2. The minimum absolute atomic E-state index is 0.276. The number of sulfonamides is 1. The van der Waals surface area contributed by atoms with E-state index in [4.69, 9.17) is 0 Å². The molecule has 2 aromatic carbocycles. The number of nitrogens with one attached hydrogen (secondary N) is 1. The van der Waals surface area contributed by atoms with Crippen molar-refractivity contribution in [2.24, 2.45) is 0 Å². The summed E-state index contributed by atoms with van der Waals surface area (Å²) in [5, 5.41) is 0. The Labute approximate surface area is 158 Å². The lowest BCUT2D eigenvalue weighted by molar-refractivity contribution is 0.600. The van der Waals surface area contributed by atoms with Crippen LogP contribution in [0.2, 0.25) is 0 Å². The lowest BCUT2D eigenvalue weighted by Crippen LogP contribution is -2.15. The van der Waals surface area contributed by atoms with Crippen LogP contribution >= 0.6 is 0 Å². The SMILES string of the molecule is Cc1ccc(S(=O)(=O)Nc2ccccc2-c2cn3ccccc3n2)c(C)c1. The topological polar surface area (TPSA) is 63.5 Å². The number of aromatic nitrogens is 2. The average Bonchev–Trinajstić information content (AvgIpc) is 3.05. The van der Waals surface area contributed by atoms with Crippen LogP contribution in [0.25, 0.3) is 16.9 Å². The first kappa shape index (κ1) is 17.3. The number of aryl methyl sites for hydroxylation is 2. The highest BCUT2D eigenvalue weighted by Gasteiger charge is 2.19. The summed E-state index contributed by atoms with van der Waals surface area (Å²) in [5.41, 5.74) is 4.49. The first-order valence-electron chi connectivity index (χ1n) is 8.57. The smallest absolute Gasteiger partial charge is 0.262 e. The predicted octanol–water partition coefficient (Wildman–Crippen LogP) is 4.42. The lowest BCUT2D eigenvalue weighted by Gasteiger charge is -2.13. The molecule has 0 unspecified atom stereocenters. The van der Waals surface area contributed by atoms with E-state index in [9.17, 15) is 8.42 Å². The number of imidazole rings is 1. The molecule has 0 aliphatic carbocycles. The first-order valence-corrected chi connectivity index (χ1v) is 10.1. The maximum Gasteiger partial charge on any atom is 0.262 e. The van der Waals surface area contributed by atoms with Crippen LogP contribution in [-0.4, -0.2) is 17.8 Å². The van der Waals surface area contributed by atoms with Gasteiger partial charge in [0.2, 0.25) is 0 Å². The quantitative estimate of drug-likeness (QED) is 0.573. The van der Waals surface area contributed by atoms with Crippen molar-refractivity contribution >= 4 is 21.4 Å². The molecular weight excluding hydrogens is 358 g/mol. The molecule has 2 aromatic heterocycles. The molecule has 4 rings (SSSR count). The fraction of sp³-hybridized carbons (Fsp3) is 0.0952. The largest absolute Gasteiger partial charge is 0.306 e. The maximum atomic E-state index is 13.0. The van der Waals surface area contributed by atoms with Gasteiger partial charge in [0.05, 0.1) is 16.3 Å². The van der Waals surface area contributed by atoms with Gasteiger partial charge in [-0.25, -0.2) is 13.4 Å². The molecule has 0 saturated carbocycles. The van der Waals surface area contributed by atoms with Gasteiger partial charge in [-0.15, -0.1) is 0 Å². The minimum Gasteiger partial charge on any atom is -0.306 e. The zero-order valence-corrected chi connectivity index (χ0v) is 15.9. The second-order valence-corrected chi connectivity index (χ2v) is 8.16. The van der Waals surface area contributed by atoms with E-state index in [1.807, 2.05) is 60.1 Å². The number of fused-ring (bicyclic) bond motifs is 1. The molecule has 6 heteroatoms. The Kier molecular flexibility index (Phi) is 4.20. The molecule has 1 N–H and O–H groups in total. The number of hydrogen-bond acceptors (Lipinski definition) is 3. The van der Waals surface area contributed by atoms with Crippen molar-refractivity contribution in [1.29, 1.82) is 0 Å². The molecule has 0 bridgehead atoms. The fourth-order valence-corrected chi connectivity index (χ4v) is 4.47. The summed E-state index contributed by atoms with van der Waals surface area (Å²) >= 11 is 0. The van der Waals surface area contributed by atoms with Gasteiger partial charge in [0.1, 0.15) is 5.65 Å². The van der Waals surface area contributed by atoms with E-state index in [0.717, 1.165) is 16.8 Å². The summed E-state index contributed by atoms with van der Waals surface area (Å²) in [6.07, 6.45) is 3.80. The molecule has 0 atom stereocenters. The molecule has 0 fully saturated rings. The molecule has 0 saturated heterocycles. The van der Waals surface area contributed by atoms with Gasteiger partial charge in [0.25, 0.3) is 10.0 Å². The molecule has 0 aliphatic heterocycles. The Hall–Kier alpha value is -3.12. The van der Waals surface area contributed by atoms with Crippen LogP contribution in [-0.2, 0) is 10.0 Å². The number of nitrogens with zero attached hydrogens (tertiary/aromatic N) is 2. The van der Waals surface area contributed by atoms with Gasteiger partial charge in [-0.2, -0.15) is 0 Å². The first-order chi connectivity index (χ1) is 12.9. The molecular formula is C21H19N3O2S. The minimum atomic E-state index is -3.71. The third kappa shape index (κ3) is 3.31. The fourth-order valence-electron chi connectivity index (χ4n) is 3.16. The molecule has 27 heavy (non-hydrogen) atoms. The van der Waals surface area contributed by atoms with Gasteiger partial charge in [-0.1, -0.05) is 42.0 Å². The van der Waals surface area contributed by atoms with Crippen molar-refractivity contribution in [3.8, 4) is 11.3 Å². The number of benzene rings is 2. The predicted molar refractivity (Wildman–Crippen MR) is 107 cm³/mol. The number of anilines is 1. The van der Waals surface area contributed by atoms with Gasteiger partial charge in [-0.05, 0) is 43.7 Å². The van der Waals surface area contributed by atoms with Crippen LogP contribution in [0.3, 0.4) is 0 Å². The van der Waals surface area contributed by atoms with Crippen molar-refractivity contribution in [2.45, 2.75) is 18.7 Å². The Morgan fingerprint density at radius 3 is 2.52 bits per heavy atom. The summed E-state index contributed by atoms with van der Waals surface area (Å²) < 4.78 is 30.5. The van der Waals surface area contributed by atoms with Gasteiger partial charge in [0.15, 0.2) is 0 Å². The van der Waals surface area contributed by atoms with E-state index >= 15 is 0 Å². The van der Waals surface area contributed by atoms with E-state index in [1.165, 1.54) is 0 Å². The van der Waals surface area contributed by atoms with Crippen LogP contribution in [0, 0.1) is 13.8 Å². The summed E-state index contributed by atoms with van der Waals surface area (Å²) in [5.74, 6) is 0. The molecule has 0 amide bonds. The van der Waals surface area contributed by atoms with E-state index in [0.29, 0.717) is 16.9 Å². The highest BCUT2D eigenvalue weighted by Crippen LogP contribution is 2.30. The van der Waals surface area contributed by atoms with Gasteiger partial charge < -0.3 is 4.40 Å². The summed E-state index contributed by atoms with van der Waals surface area (Å²) in [4.78, 5) is 4.88. The van der Waals surface area contributed by atoms with Crippen molar-refractivity contribution < 1.29 is 8.42 Å². The molecule has 0 radical (unpaired) electrons. The van der Waals surface area contributed by atoms with E-state index in [-0.39, 0.29) is 4.90 Å². The summed E-state index contributed by atoms with van der Waals surface area (Å²) in [6.45, 7) is 3.74. The number of hydrogen-bond donors (Lipinski definition) is 1. The Morgan fingerprint density at radius 1 is 0.963 bits per heavy atom. The lowest BCUT2D eigenvalue weighted by atomic mass is 10.1. The zero-order valence-electron chi connectivity index (χ0n) is 15.0. The van der Waals surface area contributed by atoms with Crippen molar-refractivity contribution in [3.63, 3.8) is 0 Å². The van der Waals surface area contributed by atoms with Gasteiger partial charge in [0, 0.05) is 18.0 Å². The van der Waals surface area contributed by atoms with Crippen LogP contribution in [0.1, 0.15) is 11.1 Å². The van der Waals surface area contributed by atoms with Gasteiger partial charge >= 0.3 is 0 Å². The molecule has 2 heterocycles. The Balaban J connectivity index is 1.77. The third-order valence-corrected chi connectivity index (χ3v) is 5.96. The average molecular weight is 377 g/mol. The van der Waals surface area contributed by atoms with E-state index < -0.39 is 10.0 Å². The van der Waals surface area contributed by atoms with Crippen molar-refractivity contribution in [2.75, 3.05) is 4.72 Å². The van der Waals surface area contributed by atoms with E-state index in [1.54, 1.807) is 31.2 Å². The van der Waals surface area contributed by atoms with E-state index in [2.05, 4.69) is 9.71 Å². The third-order valence-electron chi connectivity index (χ3n) is 4.43. The number of para-hydroxylation sites is 1. The van der Waals surface area contributed by atoms with Crippen LogP contribution in [0.4, 0.5) is 5.69 Å². The summed E-state index contributed by atoms with van der Waals surface area (Å²) in [6, 6.07) is 18.3. The molecule has 136 valence electrons. The van der Waals surface area contributed by atoms with Crippen LogP contribution < -0.4 is 4.72 Å². The molecule has 0 aliphatic rings. The highest BCUT2D eigenvalue weighted by molar-refractivity contribution is 7.92. The number of rotatable bonds is 4. The summed E-state index contributed by atoms with van der Waals surface area (Å²) in [7, 11) is -3.71. The van der Waals surface area contributed by atoms with Crippen molar-refractivity contribution in [1.82, 2.24) is 9.38 Å². The molecule has 4 aromatic rings. The second-order valence-electron chi connectivity index (χ2n) is 6.51. The Morgan fingerprint density at radius 2 is 1.74 bits per heavy atom. The Bertz CT molecular complexity index is 1210. The molecule has 5 nitrogen and oxygen atoms in total. The van der Waals surface area contributed by atoms with Crippen molar-refractivity contribution in [3.05, 3.63) is 84.2 Å². The van der Waals surface area contributed by atoms with Crippen LogP contribution in [0.5, 0.6) is 0 Å². The normalized spacial score (nSPS) is 11.6. The zero-order chi connectivity index (χ0) is 19.0. The molecule has 0 spiro atoms. The standard InChI is InChI=1S/C21H19N3O2S/c1-15-10-11-20(16(2)13-15)27(25,26)23-18-8-4-3-7-17(18)19-14-24-12-6-5-9-21(24)22-19/h3-14,23H,1-2H3. The monoisotopic (exact) mass is 377 g/mol. The number of pyridine rings is 1. The van der Waals surface area contributed by atoms with Gasteiger partial charge in [-0.3, -0.25) is 4.72 Å². The second kappa shape index (κ2) is 6.55. The maximum absolute atomic E-state index is 13.0. The van der Waals surface area contributed by atoms with Crippen LogP contribution in [0.15, 0.2) is 78.0 Å².